The van der Waals surface area contributed by atoms with Crippen LogP contribution < -0.4 is 0 Å². The van der Waals surface area contributed by atoms with Crippen LogP contribution in [0.1, 0.15) is 16.2 Å². The lowest BCUT2D eigenvalue weighted by molar-refractivity contribution is 0.0690. The highest BCUT2D eigenvalue weighted by Crippen LogP contribution is 2.15. The van der Waals surface area contributed by atoms with Crippen LogP contribution in [0.15, 0.2) is 28.9 Å². The van der Waals surface area contributed by atoms with E-state index in [1.54, 1.807) is 12.3 Å². The quantitative estimate of drug-likeness (QED) is 0.915. The van der Waals surface area contributed by atoms with Crippen LogP contribution in [0.3, 0.4) is 0 Å². The average molecular weight is 282 g/mol. The molecule has 6 heteroatoms. The Balaban J connectivity index is 2.42. The second-order valence-corrected chi connectivity index (χ2v) is 4.04. The van der Waals surface area contributed by atoms with Crippen molar-refractivity contribution in [3.8, 4) is 5.82 Å². The molecule has 16 heavy (non-hydrogen) atoms. The standard InChI is InChI=1S/C10H8BrN3O2/c1-6-7(11)2-3-9(12-6)14-5-4-8(13-14)10(15)16/h2-5H,1H3,(H,15,16). The molecule has 0 saturated heterocycles. The largest absolute Gasteiger partial charge is 0.476 e. The number of nitrogens with zero attached hydrogens (tertiary/aromatic N) is 3. The summed E-state index contributed by atoms with van der Waals surface area (Å²) in [5.41, 5.74) is 0.826. The number of carboxylic acid groups (broad SMARTS) is 1. The molecule has 0 fully saturated rings. The minimum Gasteiger partial charge on any atom is -0.476 e. The number of aromatic nitrogens is 3. The predicted octanol–water partition coefficient (Wildman–Crippen LogP) is 2.04. The van der Waals surface area contributed by atoms with Gasteiger partial charge in [-0.2, -0.15) is 5.10 Å². The SMILES string of the molecule is Cc1nc(-n2ccc(C(=O)O)n2)ccc1Br. The summed E-state index contributed by atoms with van der Waals surface area (Å²) in [6, 6.07) is 5.04. The lowest BCUT2D eigenvalue weighted by Crippen LogP contribution is -2.03. The van der Waals surface area contributed by atoms with Crippen LogP contribution in [0.25, 0.3) is 5.82 Å². The molecular formula is C10H8BrN3O2. The molecular weight excluding hydrogens is 274 g/mol. The Morgan fingerprint density at radius 3 is 2.75 bits per heavy atom. The molecule has 0 amide bonds. The molecule has 2 rings (SSSR count). The van der Waals surface area contributed by atoms with Gasteiger partial charge in [0.05, 0.1) is 5.69 Å². The minimum absolute atomic E-state index is 0.00220. The number of hydrogen-bond donors (Lipinski definition) is 1. The Labute approximate surface area is 99.9 Å². The topological polar surface area (TPSA) is 68.0 Å². The zero-order chi connectivity index (χ0) is 11.7. The monoisotopic (exact) mass is 281 g/mol. The lowest BCUT2D eigenvalue weighted by Gasteiger charge is -2.02. The van der Waals surface area contributed by atoms with Crippen molar-refractivity contribution in [1.82, 2.24) is 14.8 Å². The third-order valence-electron chi connectivity index (χ3n) is 2.05. The summed E-state index contributed by atoms with van der Waals surface area (Å²) in [6.45, 7) is 1.86. The molecule has 0 atom stereocenters. The van der Waals surface area contributed by atoms with Crippen LogP contribution in [0.2, 0.25) is 0 Å². The van der Waals surface area contributed by atoms with Gasteiger partial charge in [0, 0.05) is 10.7 Å². The minimum atomic E-state index is -1.05. The molecule has 1 N–H and O–H groups in total. The molecule has 0 aliphatic rings. The van der Waals surface area contributed by atoms with Gasteiger partial charge in [0.25, 0.3) is 0 Å². The van der Waals surface area contributed by atoms with Crippen molar-refractivity contribution >= 4 is 21.9 Å². The number of halogens is 1. The van der Waals surface area contributed by atoms with Gasteiger partial charge >= 0.3 is 5.97 Å². The van der Waals surface area contributed by atoms with Gasteiger partial charge in [0.1, 0.15) is 0 Å². The van der Waals surface area contributed by atoms with Gasteiger partial charge < -0.3 is 5.11 Å². The first-order chi connectivity index (χ1) is 7.58. The first-order valence-corrected chi connectivity index (χ1v) is 5.30. The molecule has 0 radical (unpaired) electrons. The average Bonchev–Trinajstić information content (AvgIpc) is 2.71. The van der Waals surface area contributed by atoms with Crippen molar-refractivity contribution in [3.05, 3.63) is 40.3 Å². The smallest absolute Gasteiger partial charge is 0.356 e. The third-order valence-corrected chi connectivity index (χ3v) is 2.89. The fourth-order valence-corrected chi connectivity index (χ4v) is 1.44. The molecule has 0 saturated carbocycles. The number of aryl methyl sites for hydroxylation is 1. The number of carboxylic acids is 1. The van der Waals surface area contributed by atoms with Gasteiger partial charge in [0.2, 0.25) is 0 Å². The molecule has 0 bridgehead atoms. The Kier molecular flexibility index (Phi) is 2.74. The predicted molar refractivity (Wildman–Crippen MR) is 60.8 cm³/mol. The van der Waals surface area contributed by atoms with Gasteiger partial charge in [-0.1, -0.05) is 0 Å². The highest BCUT2D eigenvalue weighted by molar-refractivity contribution is 9.10. The Morgan fingerprint density at radius 1 is 1.44 bits per heavy atom. The van der Waals surface area contributed by atoms with Gasteiger partial charge in [-0.25, -0.2) is 14.5 Å². The van der Waals surface area contributed by atoms with E-state index < -0.39 is 5.97 Å². The summed E-state index contributed by atoms with van der Waals surface area (Å²) in [5.74, 6) is -0.458. The number of hydrogen-bond acceptors (Lipinski definition) is 3. The molecule has 5 nitrogen and oxygen atoms in total. The van der Waals surface area contributed by atoms with Crippen molar-refractivity contribution < 1.29 is 9.90 Å². The summed E-state index contributed by atoms with van der Waals surface area (Å²) < 4.78 is 2.34. The molecule has 0 aromatic carbocycles. The molecule has 82 valence electrons. The number of pyridine rings is 1. The Bertz CT molecular complexity index is 551. The molecule has 2 aromatic rings. The van der Waals surface area contributed by atoms with Crippen LogP contribution in [0.5, 0.6) is 0 Å². The van der Waals surface area contributed by atoms with E-state index in [-0.39, 0.29) is 5.69 Å². The van der Waals surface area contributed by atoms with Crippen LogP contribution in [-0.4, -0.2) is 25.8 Å². The van der Waals surface area contributed by atoms with Crippen molar-refractivity contribution in [3.63, 3.8) is 0 Å². The fraction of sp³-hybridized carbons (Fsp3) is 0.100. The normalized spacial score (nSPS) is 10.4. The van der Waals surface area contributed by atoms with E-state index >= 15 is 0 Å². The first kappa shape index (κ1) is 10.8. The highest BCUT2D eigenvalue weighted by Gasteiger charge is 2.08. The van der Waals surface area contributed by atoms with Gasteiger partial charge in [-0.15, -0.1) is 0 Å². The zero-order valence-electron chi connectivity index (χ0n) is 8.38. The molecule has 0 unspecified atom stereocenters. The Morgan fingerprint density at radius 2 is 2.19 bits per heavy atom. The van der Waals surface area contributed by atoms with Crippen molar-refractivity contribution in [2.45, 2.75) is 6.92 Å². The molecule has 2 heterocycles. The molecule has 0 aliphatic heterocycles. The first-order valence-electron chi connectivity index (χ1n) is 4.50. The van der Waals surface area contributed by atoms with E-state index in [1.165, 1.54) is 10.7 Å². The van der Waals surface area contributed by atoms with Crippen molar-refractivity contribution in [2.75, 3.05) is 0 Å². The van der Waals surface area contributed by atoms with Gasteiger partial charge in [-0.05, 0) is 41.1 Å². The van der Waals surface area contributed by atoms with Crippen LogP contribution in [0, 0.1) is 6.92 Å². The second kappa shape index (κ2) is 4.05. The maximum absolute atomic E-state index is 10.7. The zero-order valence-corrected chi connectivity index (χ0v) is 9.97. The van der Waals surface area contributed by atoms with Crippen LogP contribution in [0.4, 0.5) is 0 Å². The lowest BCUT2D eigenvalue weighted by atomic mass is 10.4. The van der Waals surface area contributed by atoms with E-state index in [9.17, 15) is 4.79 Å². The van der Waals surface area contributed by atoms with Crippen molar-refractivity contribution in [1.29, 1.82) is 0 Å². The van der Waals surface area contributed by atoms with E-state index in [0.29, 0.717) is 5.82 Å². The molecule has 0 aliphatic carbocycles. The van der Waals surface area contributed by atoms with Crippen LogP contribution in [-0.2, 0) is 0 Å². The maximum Gasteiger partial charge on any atom is 0.356 e. The van der Waals surface area contributed by atoms with E-state index in [1.807, 2.05) is 13.0 Å². The van der Waals surface area contributed by atoms with E-state index in [0.717, 1.165) is 10.2 Å². The van der Waals surface area contributed by atoms with Gasteiger partial charge in [-0.3, -0.25) is 0 Å². The molecule has 2 aromatic heterocycles. The number of carbonyl (C=O) groups is 1. The summed E-state index contributed by atoms with van der Waals surface area (Å²) in [5, 5.41) is 12.6. The number of rotatable bonds is 2. The van der Waals surface area contributed by atoms with Gasteiger partial charge in [0.15, 0.2) is 11.5 Å². The summed E-state index contributed by atoms with van der Waals surface area (Å²) in [7, 11) is 0. The van der Waals surface area contributed by atoms with E-state index in [4.69, 9.17) is 5.11 Å². The fourth-order valence-electron chi connectivity index (χ4n) is 1.22. The summed E-state index contributed by atoms with van der Waals surface area (Å²) in [6.07, 6.45) is 1.57. The second-order valence-electron chi connectivity index (χ2n) is 3.19. The number of aromatic carboxylic acids is 1. The van der Waals surface area contributed by atoms with Crippen molar-refractivity contribution in [2.24, 2.45) is 0 Å². The third kappa shape index (κ3) is 1.96. The highest BCUT2D eigenvalue weighted by atomic mass is 79.9. The summed E-state index contributed by atoms with van der Waals surface area (Å²) >= 11 is 3.34. The summed E-state index contributed by atoms with van der Waals surface area (Å²) in [4.78, 5) is 14.9. The molecule has 0 spiro atoms. The van der Waals surface area contributed by atoms with E-state index in [2.05, 4.69) is 26.0 Å². The maximum atomic E-state index is 10.7. The Hall–Kier alpha value is -1.69. The van der Waals surface area contributed by atoms with Crippen LogP contribution >= 0.6 is 15.9 Å².